The third kappa shape index (κ3) is 3.35. The molecule has 1 aromatic heterocycles. The third-order valence-corrected chi connectivity index (χ3v) is 3.69. The van der Waals surface area contributed by atoms with E-state index in [9.17, 15) is 0 Å². The van der Waals surface area contributed by atoms with Crippen molar-refractivity contribution in [2.24, 2.45) is 0 Å². The lowest BCUT2D eigenvalue weighted by atomic mass is 9.92. The summed E-state index contributed by atoms with van der Waals surface area (Å²) in [6.07, 6.45) is 0. The number of hydrogen-bond acceptors (Lipinski definition) is 2. The van der Waals surface area contributed by atoms with Crippen LogP contribution in [0.2, 0.25) is 10.0 Å². The van der Waals surface area contributed by atoms with Crippen LogP contribution in [0.4, 0.5) is 0 Å². The van der Waals surface area contributed by atoms with Crippen LogP contribution < -0.4 is 0 Å². The van der Waals surface area contributed by atoms with Crippen molar-refractivity contribution in [2.45, 2.75) is 26.2 Å². The van der Waals surface area contributed by atoms with Gasteiger partial charge in [-0.25, -0.2) is 4.98 Å². The van der Waals surface area contributed by atoms with Crippen molar-refractivity contribution in [2.75, 3.05) is 0 Å². The number of aromatic amines is 1. The lowest BCUT2D eigenvalue weighted by molar-refractivity contribution is 0.567. The van der Waals surface area contributed by atoms with Gasteiger partial charge in [0.25, 0.3) is 0 Å². The van der Waals surface area contributed by atoms with E-state index in [1.807, 2.05) is 12.1 Å². The van der Waals surface area contributed by atoms with Gasteiger partial charge in [-0.2, -0.15) is 0 Å². The molecule has 0 aliphatic rings. The predicted octanol–water partition coefficient (Wildman–Crippen LogP) is 5.41. The highest BCUT2D eigenvalue weighted by Gasteiger charge is 2.16. The highest BCUT2D eigenvalue weighted by molar-refractivity contribution is 7.71. The summed E-state index contributed by atoms with van der Waals surface area (Å²) in [5, 5.41) is 1.03. The van der Waals surface area contributed by atoms with E-state index in [1.54, 1.807) is 12.1 Å². The maximum atomic E-state index is 6.03. The number of benzene rings is 1. The molecule has 0 aliphatic carbocycles. The summed E-state index contributed by atoms with van der Waals surface area (Å²) in [5.41, 5.74) is 1.88. The standard InChI is InChI=1S/C14H14Cl2N2S/c1-14(2,3)11-7-12(19)18-13(17-11)8-4-5-9(15)10(16)6-8/h4-7H,1-3H3,(H,17,18,19). The summed E-state index contributed by atoms with van der Waals surface area (Å²) in [7, 11) is 0. The van der Waals surface area contributed by atoms with Crippen molar-refractivity contribution in [1.29, 1.82) is 0 Å². The Bertz CT molecular complexity index is 672. The van der Waals surface area contributed by atoms with Crippen LogP contribution >= 0.6 is 35.4 Å². The fraction of sp³-hybridized carbons (Fsp3) is 0.286. The minimum atomic E-state index is -0.0263. The van der Waals surface area contributed by atoms with Gasteiger partial charge in [0.05, 0.1) is 10.0 Å². The molecule has 5 heteroatoms. The zero-order chi connectivity index (χ0) is 14.2. The van der Waals surface area contributed by atoms with Crippen molar-refractivity contribution >= 4 is 35.4 Å². The van der Waals surface area contributed by atoms with Gasteiger partial charge in [0, 0.05) is 16.7 Å². The highest BCUT2D eigenvalue weighted by Crippen LogP contribution is 2.28. The molecule has 19 heavy (non-hydrogen) atoms. The Labute approximate surface area is 127 Å². The zero-order valence-corrected chi connectivity index (χ0v) is 13.2. The van der Waals surface area contributed by atoms with Gasteiger partial charge < -0.3 is 4.98 Å². The molecule has 0 saturated carbocycles. The molecule has 0 spiro atoms. The smallest absolute Gasteiger partial charge is 0.139 e. The summed E-state index contributed by atoms with van der Waals surface area (Å²) >= 11 is 17.2. The van der Waals surface area contributed by atoms with Gasteiger partial charge >= 0.3 is 0 Å². The molecule has 1 N–H and O–H groups in total. The van der Waals surface area contributed by atoms with Crippen LogP contribution in [0.1, 0.15) is 26.5 Å². The quantitative estimate of drug-likeness (QED) is 0.713. The molecule has 2 nitrogen and oxygen atoms in total. The van der Waals surface area contributed by atoms with Crippen molar-refractivity contribution < 1.29 is 0 Å². The molecular weight excluding hydrogens is 299 g/mol. The maximum Gasteiger partial charge on any atom is 0.139 e. The number of aromatic nitrogens is 2. The van der Waals surface area contributed by atoms with Gasteiger partial charge in [-0.05, 0) is 24.3 Å². The largest absolute Gasteiger partial charge is 0.343 e. The summed E-state index contributed by atoms with van der Waals surface area (Å²) in [4.78, 5) is 7.65. The minimum absolute atomic E-state index is 0.0263. The number of H-pyrrole nitrogens is 1. The molecule has 0 bridgehead atoms. The fourth-order valence-corrected chi connectivity index (χ4v) is 2.15. The topological polar surface area (TPSA) is 28.7 Å². The van der Waals surface area contributed by atoms with Crippen LogP contribution in [0, 0.1) is 4.64 Å². The molecule has 0 unspecified atom stereocenters. The Kier molecular flexibility index (Phi) is 4.00. The molecule has 0 aliphatic heterocycles. The van der Waals surface area contributed by atoms with Gasteiger partial charge in [-0.3, -0.25) is 0 Å². The van der Waals surface area contributed by atoms with Crippen LogP contribution in [0.3, 0.4) is 0 Å². The average molecular weight is 313 g/mol. The van der Waals surface area contributed by atoms with Gasteiger partial charge in [0.2, 0.25) is 0 Å². The second kappa shape index (κ2) is 5.23. The van der Waals surface area contributed by atoms with E-state index < -0.39 is 0 Å². The van der Waals surface area contributed by atoms with Gasteiger partial charge in [-0.1, -0.05) is 56.2 Å². The minimum Gasteiger partial charge on any atom is -0.343 e. The Morgan fingerprint density at radius 1 is 1.11 bits per heavy atom. The van der Waals surface area contributed by atoms with Crippen LogP contribution in [0.15, 0.2) is 24.3 Å². The number of hydrogen-bond donors (Lipinski definition) is 1. The third-order valence-electron chi connectivity index (χ3n) is 2.74. The van der Waals surface area contributed by atoms with E-state index in [2.05, 4.69) is 30.7 Å². The molecule has 2 rings (SSSR count). The first-order chi connectivity index (χ1) is 8.77. The van der Waals surface area contributed by atoms with Crippen molar-refractivity contribution in [1.82, 2.24) is 9.97 Å². The number of halogens is 2. The SMILES string of the molecule is CC(C)(C)c1cc(=S)nc(-c2ccc(Cl)c(Cl)c2)[nH]1. The molecule has 0 amide bonds. The molecular formula is C14H14Cl2N2S. The van der Waals surface area contributed by atoms with E-state index in [4.69, 9.17) is 35.4 Å². The van der Waals surface area contributed by atoms with Crippen LogP contribution in [-0.4, -0.2) is 9.97 Å². The zero-order valence-electron chi connectivity index (χ0n) is 10.9. The number of rotatable bonds is 1. The van der Waals surface area contributed by atoms with Crippen LogP contribution in [0.5, 0.6) is 0 Å². The Balaban J connectivity index is 2.59. The van der Waals surface area contributed by atoms with Crippen LogP contribution in [-0.2, 0) is 5.41 Å². The average Bonchev–Trinajstić information content (AvgIpc) is 2.31. The van der Waals surface area contributed by atoms with E-state index >= 15 is 0 Å². The highest BCUT2D eigenvalue weighted by atomic mass is 35.5. The number of nitrogens with one attached hydrogen (secondary N) is 1. The summed E-state index contributed by atoms with van der Waals surface area (Å²) in [6.45, 7) is 6.35. The first-order valence-electron chi connectivity index (χ1n) is 5.84. The molecule has 1 aromatic carbocycles. The normalized spacial score (nSPS) is 11.6. The van der Waals surface area contributed by atoms with E-state index in [-0.39, 0.29) is 5.41 Å². The predicted molar refractivity (Wildman–Crippen MR) is 83.6 cm³/mol. The Hall–Kier alpha value is -0.900. The Morgan fingerprint density at radius 3 is 2.37 bits per heavy atom. The van der Waals surface area contributed by atoms with Crippen molar-refractivity contribution in [3.05, 3.63) is 44.6 Å². The van der Waals surface area contributed by atoms with E-state index in [1.165, 1.54) is 0 Å². The van der Waals surface area contributed by atoms with Gasteiger partial charge in [-0.15, -0.1) is 0 Å². The maximum absolute atomic E-state index is 6.03. The molecule has 0 radical (unpaired) electrons. The first-order valence-corrected chi connectivity index (χ1v) is 7.01. The summed E-state index contributed by atoms with van der Waals surface area (Å²) in [6, 6.07) is 7.29. The van der Waals surface area contributed by atoms with Crippen molar-refractivity contribution in [3.8, 4) is 11.4 Å². The second-order valence-corrected chi connectivity index (χ2v) is 6.59. The molecule has 0 atom stereocenters. The Morgan fingerprint density at radius 2 is 1.79 bits per heavy atom. The van der Waals surface area contributed by atoms with Gasteiger partial charge in [0.1, 0.15) is 10.5 Å². The molecule has 1 heterocycles. The molecule has 0 fully saturated rings. The lowest BCUT2D eigenvalue weighted by Gasteiger charge is -2.19. The van der Waals surface area contributed by atoms with Crippen LogP contribution in [0.25, 0.3) is 11.4 Å². The second-order valence-electron chi connectivity index (χ2n) is 5.36. The summed E-state index contributed by atoms with van der Waals surface area (Å²) < 4.78 is 0.560. The van der Waals surface area contributed by atoms with Gasteiger partial charge in [0.15, 0.2) is 0 Å². The first kappa shape index (κ1) is 14.5. The monoisotopic (exact) mass is 312 g/mol. The van der Waals surface area contributed by atoms with Crippen molar-refractivity contribution in [3.63, 3.8) is 0 Å². The lowest BCUT2D eigenvalue weighted by Crippen LogP contribution is -2.14. The fourth-order valence-electron chi connectivity index (χ4n) is 1.64. The molecule has 100 valence electrons. The van der Waals surface area contributed by atoms with E-state index in [0.717, 1.165) is 11.3 Å². The molecule has 2 aromatic rings. The number of nitrogens with zero attached hydrogens (tertiary/aromatic N) is 1. The summed E-state index contributed by atoms with van der Waals surface area (Å²) in [5.74, 6) is 0.705. The van der Waals surface area contributed by atoms with E-state index in [0.29, 0.717) is 20.5 Å². The molecule has 0 saturated heterocycles.